The van der Waals surface area contributed by atoms with Gasteiger partial charge in [0.05, 0.1) is 4.90 Å². The fourth-order valence-corrected chi connectivity index (χ4v) is 4.79. The van der Waals surface area contributed by atoms with Gasteiger partial charge in [0.1, 0.15) is 5.82 Å². The molecular weight excluding hydrogens is 363 g/mol. The Bertz CT molecular complexity index is 1040. The third kappa shape index (κ3) is 3.17. The van der Waals surface area contributed by atoms with E-state index in [4.69, 9.17) is 11.6 Å². The quantitative estimate of drug-likeness (QED) is 0.728. The van der Waals surface area contributed by atoms with Crippen molar-refractivity contribution < 1.29 is 12.8 Å². The number of H-pyrrole nitrogens is 1. The van der Waals surface area contributed by atoms with Crippen molar-refractivity contribution in [3.63, 3.8) is 0 Å². The molecule has 25 heavy (non-hydrogen) atoms. The molecule has 7 heteroatoms. The lowest BCUT2D eigenvalue weighted by Gasteiger charge is -2.23. The minimum Gasteiger partial charge on any atom is -0.358 e. The summed E-state index contributed by atoms with van der Waals surface area (Å²) in [6.45, 7) is 0. The number of halogens is 2. The molecule has 0 spiro atoms. The number of nitrogens with one attached hydrogen (secondary N) is 2. The van der Waals surface area contributed by atoms with Crippen LogP contribution in [0.2, 0.25) is 5.02 Å². The summed E-state index contributed by atoms with van der Waals surface area (Å²) in [7, 11) is -3.62. The largest absolute Gasteiger partial charge is 0.358 e. The minimum atomic E-state index is -3.62. The summed E-state index contributed by atoms with van der Waals surface area (Å²) in [5, 5.41) is 1.31. The summed E-state index contributed by atoms with van der Waals surface area (Å²) in [6, 6.07) is 10.5. The first-order chi connectivity index (χ1) is 11.9. The monoisotopic (exact) mass is 378 g/mol. The second-order valence-corrected chi connectivity index (χ2v) is 8.44. The summed E-state index contributed by atoms with van der Waals surface area (Å²) in [5.41, 5.74) is 2.93. The lowest BCUT2D eigenvalue weighted by Crippen LogP contribution is -2.38. The van der Waals surface area contributed by atoms with E-state index in [1.165, 1.54) is 24.3 Å². The molecule has 2 N–H and O–H groups in total. The van der Waals surface area contributed by atoms with Crippen molar-refractivity contribution in [3.05, 3.63) is 64.6 Å². The number of sulfonamides is 1. The van der Waals surface area contributed by atoms with Crippen molar-refractivity contribution >= 4 is 32.5 Å². The predicted molar refractivity (Wildman–Crippen MR) is 95.8 cm³/mol. The van der Waals surface area contributed by atoms with Gasteiger partial charge in [0.2, 0.25) is 10.0 Å². The van der Waals surface area contributed by atoms with Gasteiger partial charge < -0.3 is 4.98 Å². The highest BCUT2D eigenvalue weighted by atomic mass is 35.5. The molecule has 2 aromatic carbocycles. The Kier molecular flexibility index (Phi) is 4.06. The number of hydrogen-bond acceptors (Lipinski definition) is 2. The van der Waals surface area contributed by atoms with Gasteiger partial charge in [-0.25, -0.2) is 17.5 Å². The Morgan fingerprint density at radius 3 is 2.68 bits per heavy atom. The summed E-state index contributed by atoms with van der Waals surface area (Å²) in [6.07, 6.45) is 1.94. The molecule has 0 fully saturated rings. The van der Waals surface area contributed by atoms with Gasteiger partial charge in [0.15, 0.2) is 0 Å². The number of rotatable bonds is 3. The van der Waals surface area contributed by atoms with E-state index in [-0.39, 0.29) is 16.8 Å². The number of aryl methyl sites for hydroxylation is 1. The van der Waals surface area contributed by atoms with E-state index < -0.39 is 10.0 Å². The number of aromatic amines is 1. The lowest BCUT2D eigenvalue weighted by molar-refractivity contribution is 0.506. The first-order valence-electron chi connectivity index (χ1n) is 7.99. The normalized spacial score (nSPS) is 17.6. The van der Waals surface area contributed by atoms with Gasteiger partial charge in [-0.15, -0.1) is 0 Å². The fraction of sp³-hybridized carbons (Fsp3) is 0.222. The molecule has 4 nitrogen and oxygen atoms in total. The van der Waals surface area contributed by atoms with Crippen LogP contribution in [0.3, 0.4) is 0 Å². The van der Waals surface area contributed by atoms with Crippen LogP contribution in [0, 0.1) is 5.82 Å². The van der Waals surface area contributed by atoms with Crippen molar-refractivity contribution in [3.8, 4) is 0 Å². The van der Waals surface area contributed by atoms with Crippen molar-refractivity contribution in [1.82, 2.24) is 9.71 Å². The molecule has 1 atom stereocenters. The number of fused-ring (bicyclic) bond motifs is 3. The third-order valence-electron chi connectivity index (χ3n) is 4.60. The first-order valence-corrected chi connectivity index (χ1v) is 9.85. The molecule has 0 radical (unpaired) electrons. The first kappa shape index (κ1) is 16.6. The van der Waals surface area contributed by atoms with E-state index in [0.29, 0.717) is 17.9 Å². The molecule has 1 aliphatic carbocycles. The van der Waals surface area contributed by atoms with Crippen LogP contribution in [0.1, 0.15) is 17.7 Å². The van der Waals surface area contributed by atoms with Crippen molar-refractivity contribution in [2.45, 2.75) is 30.2 Å². The highest BCUT2D eigenvalue weighted by Gasteiger charge is 2.26. The van der Waals surface area contributed by atoms with E-state index in [9.17, 15) is 12.8 Å². The number of hydrogen-bond donors (Lipinski definition) is 2. The van der Waals surface area contributed by atoms with E-state index >= 15 is 0 Å². The molecule has 0 aliphatic heterocycles. The molecule has 130 valence electrons. The zero-order valence-electron chi connectivity index (χ0n) is 13.2. The Labute approximate surface area is 150 Å². The average molecular weight is 379 g/mol. The van der Waals surface area contributed by atoms with Gasteiger partial charge in [-0.3, -0.25) is 0 Å². The summed E-state index contributed by atoms with van der Waals surface area (Å²) >= 11 is 5.82. The maximum absolute atomic E-state index is 13.6. The summed E-state index contributed by atoms with van der Waals surface area (Å²) in [5.74, 6) is -0.293. The smallest absolute Gasteiger partial charge is 0.240 e. The molecule has 1 unspecified atom stereocenters. The molecular formula is C18H16ClFN2O2S. The van der Waals surface area contributed by atoms with Gasteiger partial charge in [-0.2, -0.15) is 0 Å². The Balaban J connectivity index is 1.61. The van der Waals surface area contributed by atoms with Crippen LogP contribution in [-0.2, 0) is 22.9 Å². The molecule has 1 aromatic heterocycles. The molecule has 1 heterocycles. The maximum atomic E-state index is 13.6. The van der Waals surface area contributed by atoms with Gasteiger partial charge in [-0.05, 0) is 67.3 Å². The van der Waals surface area contributed by atoms with Gasteiger partial charge in [0, 0.05) is 27.7 Å². The highest BCUT2D eigenvalue weighted by Crippen LogP contribution is 2.30. The zero-order chi connectivity index (χ0) is 17.6. The van der Waals surface area contributed by atoms with Crippen molar-refractivity contribution in [2.75, 3.05) is 0 Å². The third-order valence-corrected chi connectivity index (χ3v) is 6.38. The molecule has 0 bridgehead atoms. The van der Waals surface area contributed by atoms with E-state index in [2.05, 4.69) is 9.71 Å². The second kappa shape index (κ2) is 6.12. The second-order valence-electron chi connectivity index (χ2n) is 6.29. The molecule has 0 saturated carbocycles. The summed E-state index contributed by atoms with van der Waals surface area (Å²) in [4.78, 5) is 3.49. The molecule has 0 amide bonds. The topological polar surface area (TPSA) is 62.0 Å². The fourth-order valence-electron chi connectivity index (χ4n) is 3.39. The van der Waals surface area contributed by atoms with Crippen LogP contribution >= 0.6 is 11.6 Å². The molecule has 3 aromatic rings. The molecule has 0 saturated heterocycles. The van der Waals surface area contributed by atoms with E-state index in [0.717, 1.165) is 28.6 Å². The Morgan fingerprint density at radius 1 is 1.16 bits per heavy atom. The molecule has 4 rings (SSSR count). The van der Waals surface area contributed by atoms with Crippen LogP contribution in [0.5, 0.6) is 0 Å². The van der Waals surface area contributed by atoms with E-state index in [1.807, 2.05) is 0 Å². The van der Waals surface area contributed by atoms with E-state index in [1.54, 1.807) is 18.2 Å². The lowest BCUT2D eigenvalue weighted by atomic mass is 9.92. The van der Waals surface area contributed by atoms with Crippen LogP contribution in [0.4, 0.5) is 4.39 Å². The van der Waals surface area contributed by atoms with Crippen LogP contribution < -0.4 is 4.72 Å². The van der Waals surface area contributed by atoms with Gasteiger partial charge >= 0.3 is 0 Å². The predicted octanol–water partition coefficient (Wildman–Crippen LogP) is 3.80. The number of benzene rings is 2. The van der Waals surface area contributed by atoms with Crippen LogP contribution in [0.25, 0.3) is 10.9 Å². The summed E-state index contributed by atoms with van der Waals surface area (Å²) < 4.78 is 41.4. The van der Waals surface area contributed by atoms with Gasteiger partial charge in [0.25, 0.3) is 0 Å². The van der Waals surface area contributed by atoms with Gasteiger partial charge in [-0.1, -0.05) is 11.6 Å². The SMILES string of the molecule is O=S(=O)(NC1CCc2[nH]c3ccc(F)cc3c2C1)c1ccc(Cl)cc1. The Morgan fingerprint density at radius 2 is 1.92 bits per heavy atom. The van der Waals surface area contributed by atoms with Crippen molar-refractivity contribution in [1.29, 1.82) is 0 Å². The minimum absolute atomic E-state index is 0.188. The Hall–Kier alpha value is -1.89. The standard InChI is InChI=1S/C18H16ClFN2O2S/c19-11-1-5-14(6-2-11)25(23,24)22-13-4-8-18-16(10-13)15-9-12(20)3-7-17(15)21-18/h1-3,5-7,9,13,21-22H,4,8,10H2. The highest BCUT2D eigenvalue weighted by molar-refractivity contribution is 7.89. The molecule has 1 aliphatic rings. The van der Waals surface area contributed by atoms with Crippen molar-refractivity contribution in [2.24, 2.45) is 0 Å². The maximum Gasteiger partial charge on any atom is 0.240 e. The van der Waals surface area contributed by atoms with Crippen LogP contribution in [0.15, 0.2) is 47.4 Å². The average Bonchev–Trinajstić information content (AvgIpc) is 2.92. The van der Waals surface area contributed by atoms with Crippen LogP contribution in [-0.4, -0.2) is 19.4 Å². The number of aromatic nitrogens is 1. The zero-order valence-corrected chi connectivity index (χ0v) is 14.8.